The van der Waals surface area contributed by atoms with Gasteiger partial charge in [0.05, 0.1) is 24.3 Å². The number of carbonyl (C=O) groups excluding carboxylic acids is 2. The monoisotopic (exact) mass is 498 g/mol. The Labute approximate surface area is 208 Å². The van der Waals surface area contributed by atoms with Gasteiger partial charge in [0, 0.05) is 48.5 Å². The standard InChI is InChI=1S/C25H30N4O3S2/c1-4-32-25(31)21-13-17(2)34-24(21)27-22(30)14-20-16-33-23(26-20)19-7-5-18(6-8-19)15-29-11-9-28(3)10-12-29/h5-8,13,16H,4,9-12,14-15H2,1-3H3,(H,27,30). The molecule has 1 aliphatic rings. The van der Waals surface area contributed by atoms with Gasteiger partial charge in [-0.25, -0.2) is 9.78 Å². The van der Waals surface area contributed by atoms with Crippen LogP contribution in [0.4, 0.5) is 5.00 Å². The first-order valence-corrected chi connectivity index (χ1v) is 13.1. The number of benzene rings is 1. The third-order valence-electron chi connectivity index (χ3n) is 5.70. The molecule has 0 aliphatic carbocycles. The number of piperazine rings is 1. The van der Waals surface area contributed by atoms with Crippen LogP contribution in [0.5, 0.6) is 0 Å². The van der Waals surface area contributed by atoms with Crippen LogP contribution in [0, 0.1) is 6.92 Å². The van der Waals surface area contributed by atoms with E-state index < -0.39 is 5.97 Å². The summed E-state index contributed by atoms with van der Waals surface area (Å²) in [6, 6.07) is 10.3. The maximum Gasteiger partial charge on any atom is 0.341 e. The van der Waals surface area contributed by atoms with Crippen molar-refractivity contribution in [1.82, 2.24) is 14.8 Å². The summed E-state index contributed by atoms with van der Waals surface area (Å²) in [4.78, 5) is 35.2. The molecule has 4 rings (SSSR count). The van der Waals surface area contributed by atoms with Crippen molar-refractivity contribution in [3.05, 3.63) is 57.4 Å². The molecule has 0 saturated carbocycles. The molecule has 2 aromatic heterocycles. The predicted octanol–water partition coefficient (Wildman–Crippen LogP) is 4.29. The molecular formula is C25H30N4O3S2. The van der Waals surface area contributed by atoms with E-state index in [0.29, 0.717) is 22.9 Å². The molecule has 180 valence electrons. The summed E-state index contributed by atoms with van der Waals surface area (Å²) in [6.45, 7) is 9.34. The number of thiazole rings is 1. The topological polar surface area (TPSA) is 74.8 Å². The van der Waals surface area contributed by atoms with E-state index in [1.807, 2.05) is 12.3 Å². The molecular weight excluding hydrogens is 468 g/mol. The highest BCUT2D eigenvalue weighted by Crippen LogP contribution is 2.29. The fourth-order valence-corrected chi connectivity index (χ4v) is 5.58. The predicted molar refractivity (Wildman–Crippen MR) is 138 cm³/mol. The molecule has 0 unspecified atom stereocenters. The lowest BCUT2D eigenvalue weighted by Crippen LogP contribution is -2.43. The maximum atomic E-state index is 12.6. The van der Waals surface area contributed by atoms with Crippen LogP contribution in [0.1, 0.15) is 33.4 Å². The van der Waals surface area contributed by atoms with E-state index in [1.165, 1.54) is 28.2 Å². The van der Waals surface area contributed by atoms with Crippen LogP contribution in [0.3, 0.4) is 0 Å². The SMILES string of the molecule is CCOC(=O)c1cc(C)sc1NC(=O)Cc1csc(-c2ccc(CN3CCN(C)CC3)cc2)n1. The van der Waals surface area contributed by atoms with Crippen molar-refractivity contribution in [3.63, 3.8) is 0 Å². The first-order chi connectivity index (χ1) is 16.4. The zero-order chi connectivity index (χ0) is 24.1. The molecule has 34 heavy (non-hydrogen) atoms. The number of amides is 1. The zero-order valence-corrected chi connectivity index (χ0v) is 21.4. The number of nitrogens with one attached hydrogen (secondary N) is 1. The van der Waals surface area contributed by atoms with Gasteiger partial charge in [0.1, 0.15) is 10.0 Å². The lowest BCUT2D eigenvalue weighted by atomic mass is 10.1. The van der Waals surface area contributed by atoms with Gasteiger partial charge in [-0.3, -0.25) is 9.69 Å². The highest BCUT2D eigenvalue weighted by atomic mass is 32.1. The highest BCUT2D eigenvalue weighted by molar-refractivity contribution is 7.16. The first kappa shape index (κ1) is 24.5. The maximum absolute atomic E-state index is 12.6. The third-order valence-corrected chi connectivity index (χ3v) is 7.61. The summed E-state index contributed by atoms with van der Waals surface area (Å²) in [6.07, 6.45) is 0.150. The Bertz CT molecular complexity index is 1130. The molecule has 0 atom stereocenters. The van der Waals surface area contributed by atoms with Crippen molar-refractivity contribution >= 4 is 39.6 Å². The van der Waals surface area contributed by atoms with Crippen molar-refractivity contribution in [2.24, 2.45) is 0 Å². The molecule has 0 spiro atoms. The Morgan fingerprint density at radius 2 is 1.88 bits per heavy atom. The van der Waals surface area contributed by atoms with Crippen molar-refractivity contribution < 1.29 is 14.3 Å². The lowest BCUT2D eigenvalue weighted by Gasteiger charge is -2.32. The molecule has 0 radical (unpaired) electrons. The molecule has 1 aliphatic heterocycles. The number of rotatable bonds is 8. The average molecular weight is 499 g/mol. The summed E-state index contributed by atoms with van der Waals surface area (Å²) < 4.78 is 5.09. The number of likely N-dealkylation sites (N-methyl/N-ethyl adjacent to an activating group) is 1. The minimum Gasteiger partial charge on any atom is -0.462 e. The normalized spacial score (nSPS) is 14.8. The van der Waals surface area contributed by atoms with Gasteiger partial charge >= 0.3 is 5.97 Å². The number of aryl methyl sites for hydroxylation is 1. The van der Waals surface area contributed by atoms with Gasteiger partial charge in [-0.2, -0.15) is 0 Å². The van der Waals surface area contributed by atoms with Gasteiger partial charge in [-0.1, -0.05) is 24.3 Å². The molecule has 1 amide bonds. The Kier molecular flexibility index (Phi) is 8.10. The molecule has 3 aromatic rings. The summed E-state index contributed by atoms with van der Waals surface area (Å²) in [5, 5.41) is 6.19. The number of aromatic nitrogens is 1. The van der Waals surface area contributed by atoms with Crippen LogP contribution in [0.15, 0.2) is 35.7 Å². The lowest BCUT2D eigenvalue weighted by molar-refractivity contribution is -0.115. The van der Waals surface area contributed by atoms with Crippen LogP contribution < -0.4 is 5.32 Å². The quantitative estimate of drug-likeness (QED) is 0.467. The summed E-state index contributed by atoms with van der Waals surface area (Å²) >= 11 is 2.90. The smallest absolute Gasteiger partial charge is 0.341 e. The van der Waals surface area contributed by atoms with Crippen LogP contribution in [0.2, 0.25) is 0 Å². The van der Waals surface area contributed by atoms with Crippen molar-refractivity contribution in [1.29, 1.82) is 0 Å². The summed E-state index contributed by atoms with van der Waals surface area (Å²) in [5.41, 5.74) is 3.46. The number of nitrogens with zero attached hydrogens (tertiary/aromatic N) is 3. The second kappa shape index (κ2) is 11.2. The first-order valence-electron chi connectivity index (χ1n) is 11.4. The number of hydrogen-bond donors (Lipinski definition) is 1. The van der Waals surface area contributed by atoms with Crippen molar-refractivity contribution in [3.8, 4) is 10.6 Å². The second-order valence-electron chi connectivity index (χ2n) is 8.47. The fraction of sp³-hybridized carbons (Fsp3) is 0.400. The minimum absolute atomic E-state index is 0.150. The number of ether oxygens (including phenoxy) is 1. The number of carbonyl (C=O) groups is 2. The van der Waals surface area contributed by atoms with E-state index in [4.69, 9.17) is 4.74 Å². The van der Waals surface area contributed by atoms with Crippen molar-refractivity contribution in [2.45, 2.75) is 26.8 Å². The van der Waals surface area contributed by atoms with Gasteiger partial charge < -0.3 is 15.0 Å². The van der Waals surface area contributed by atoms with Crippen LogP contribution >= 0.6 is 22.7 Å². The largest absolute Gasteiger partial charge is 0.462 e. The Morgan fingerprint density at radius 3 is 2.59 bits per heavy atom. The minimum atomic E-state index is -0.422. The van der Waals surface area contributed by atoms with E-state index in [1.54, 1.807) is 13.0 Å². The van der Waals surface area contributed by atoms with Gasteiger partial charge in [0.25, 0.3) is 0 Å². The molecule has 1 aromatic carbocycles. The summed E-state index contributed by atoms with van der Waals surface area (Å²) in [7, 11) is 2.17. The van der Waals surface area contributed by atoms with E-state index in [9.17, 15) is 9.59 Å². The summed E-state index contributed by atoms with van der Waals surface area (Å²) in [5.74, 6) is -0.624. The number of esters is 1. The van der Waals surface area contributed by atoms with E-state index in [-0.39, 0.29) is 12.3 Å². The van der Waals surface area contributed by atoms with Crippen LogP contribution in [0.25, 0.3) is 10.6 Å². The molecule has 7 nitrogen and oxygen atoms in total. The van der Waals surface area contributed by atoms with Gasteiger partial charge in [-0.05, 0) is 32.5 Å². The molecule has 9 heteroatoms. The Hall–Kier alpha value is -2.59. The molecule has 1 N–H and O–H groups in total. The molecule has 1 fully saturated rings. The molecule has 3 heterocycles. The van der Waals surface area contributed by atoms with E-state index in [2.05, 4.69) is 51.4 Å². The number of anilines is 1. The van der Waals surface area contributed by atoms with Gasteiger partial charge in [0.2, 0.25) is 5.91 Å². The molecule has 0 bridgehead atoms. The average Bonchev–Trinajstić information content (AvgIpc) is 3.42. The fourth-order valence-electron chi connectivity index (χ4n) is 3.84. The Morgan fingerprint density at radius 1 is 1.15 bits per heavy atom. The number of thiophene rings is 1. The second-order valence-corrected chi connectivity index (χ2v) is 10.6. The van der Waals surface area contributed by atoms with Gasteiger partial charge in [0.15, 0.2) is 0 Å². The van der Waals surface area contributed by atoms with E-state index in [0.717, 1.165) is 48.2 Å². The van der Waals surface area contributed by atoms with Gasteiger partial charge in [-0.15, -0.1) is 22.7 Å². The van der Waals surface area contributed by atoms with Crippen LogP contribution in [-0.2, 0) is 22.5 Å². The zero-order valence-electron chi connectivity index (χ0n) is 19.8. The number of hydrogen-bond acceptors (Lipinski definition) is 8. The van der Waals surface area contributed by atoms with E-state index >= 15 is 0 Å². The van der Waals surface area contributed by atoms with Crippen LogP contribution in [-0.4, -0.2) is 66.5 Å². The Balaban J connectivity index is 1.35. The highest BCUT2D eigenvalue weighted by Gasteiger charge is 2.19. The third kappa shape index (κ3) is 6.29. The molecule has 1 saturated heterocycles. The van der Waals surface area contributed by atoms with Crippen molar-refractivity contribution in [2.75, 3.05) is 45.2 Å².